The van der Waals surface area contributed by atoms with Crippen LogP contribution in [0, 0.1) is 0 Å². The highest BCUT2D eigenvalue weighted by Gasteiger charge is 2.36. The van der Waals surface area contributed by atoms with E-state index >= 15 is 0 Å². The number of carbonyl (C=O) groups excluding carboxylic acids is 1. The van der Waals surface area contributed by atoms with Gasteiger partial charge < -0.3 is 4.74 Å². The van der Waals surface area contributed by atoms with Crippen molar-refractivity contribution < 1.29 is 9.53 Å². The van der Waals surface area contributed by atoms with Crippen molar-refractivity contribution in [1.82, 2.24) is 4.90 Å². The number of rotatable bonds is 6. The zero-order valence-corrected chi connectivity index (χ0v) is 15.6. The summed E-state index contributed by atoms with van der Waals surface area (Å²) in [5.41, 5.74) is 1.91. The summed E-state index contributed by atoms with van der Waals surface area (Å²) in [6.07, 6.45) is 2.42. The number of para-hydroxylation sites is 1. The number of benzene rings is 2. The maximum atomic E-state index is 12.6. The van der Waals surface area contributed by atoms with E-state index in [9.17, 15) is 4.79 Å². The molecular weight excluding hydrogens is 346 g/mol. The predicted molar refractivity (Wildman–Crippen MR) is 107 cm³/mol. The fourth-order valence-corrected chi connectivity index (χ4v) is 3.70. The first kappa shape index (κ1) is 18.2. The molecule has 2 aromatic carbocycles. The van der Waals surface area contributed by atoms with Gasteiger partial charge in [0.2, 0.25) is 5.91 Å². The van der Waals surface area contributed by atoms with Crippen molar-refractivity contribution in [3.8, 4) is 5.75 Å². The molecule has 6 heteroatoms. The molecule has 26 heavy (non-hydrogen) atoms. The van der Waals surface area contributed by atoms with Crippen molar-refractivity contribution in [3.63, 3.8) is 0 Å². The summed E-state index contributed by atoms with van der Waals surface area (Å²) in [7, 11) is 1.62. The molecule has 0 aromatic heterocycles. The van der Waals surface area contributed by atoms with E-state index in [-0.39, 0.29) is 11.2 Å². The van der Waals surface area contributed by atoms with Crippen molar-refractivity contribution in [2.24, 2.45) is 10.2 Å². The first-order valence-corrected chi connectivity index (χ1v) is 9.37. The second kappa shape index (κ2) is 8.67. The number of ether oxygens (including phenoxy) is 1. The molecule has 134 valence electrons. The van der Waals surface area contributed by atoms with Gasteiger partial charge >= 0.3 is 0 Å². The normalized spacial score (nSPS) is 18.8. The van der Waals surface area contributed by atoms with Gasteiger partial charge in [0.05, 0.1) is 25.1 Å². The third-order valence-electron chi connectivity index (χ3n) is 4.05. The third-order valence-corrected chi connectivity index (χ3v) is 5.39. The summed E-state index contributed by atoms with van der Waals surface area (Å²) in [5.74, 6) is 0.826. The number of amidine groups is 1. The van der Waals surface area contributed by atoms with E-state index in [1.165, 1.54) is 11.8 Å². The van der Waals surface area contributed by atoms with E-state index in [0.717, 1.165) is 23.3 Å². The lowest BCUT2D eigenvalue weighted by Crippen LogP contribution is -2.31. The maximum absolute atomic E-state index is 12.6. The lowest BCUT2D eigenvalue weighted by atomic mass is 10.2. The summed E-state index contributed by atoms with van der Waals surface area (Å²) in [5, 5.41) is 9.05. The highest BCUT2D eigenvalue weighted by molar-refractivity contribution is 8.15. The average molecular weight is 367 g/mol. The van der Waals surface area contributed by atoms with Gasteiger partial charge in [-0.2, -0.15) is 5.10 Å². The summed E-state index contributed by atoms with van der Waals surface area (Å²) >= 11 is 1.47. The van der Waals surface area contributed by atoms with E-state index in [0.29, 0.717) is 11.7 Å². The Balaban J connectivity index is 1.82. The van der Waals surface area contributed by atoms with E-state index < -0.39 is 0 Å². The molecular formula is C20H21N3O2S. The Hall–Kier alpha value is -2.60. The van der Waals surface area contributed by atoms with Gasteiger partial charge in [0, 0.05) is 5.56 Å². The van der Waals surface area contributed by atoms with Gasteiger partial charge in [-0.3, -0.25) is 9.69 Å². The molecule has 2 aromatic rings. The van der Waals surface area contributed by atoms with Crippen LogP contribution < -0.4 is 4.74 Å². The molecule has 0 bridgehead atoms. The Bertz CT molecular complexity index is 821. The van der Waals surface area contributed by atoms with Gasteiger partial charge in [0.15, 0.2) is 5.17 Å². The molecule has 0 saturated carbocycles. The fraction of sp³-hybridized carbons (Fsp3) is 0.250. The number of methoxy groups -OCH3 is 1. The van der Waals surface area contributed by atoms with Gasteiger partial charge in [-0.1, -0.05) is 61.2 Å². The average Bonchev–Trinajstić information content (AvgIpc) is 2.98. The van der Waals surface area contributed by atoms with Crippen molar-refractivity contribution in [2.45, 2.75) is 25.1 Å². The first-order chi connectivity index (χ1) is 12.7. The van der Waals surface area contributed by atoms with Gasteiger partial charge in [-0.25, -0.2) is 0 Å². The Kier molecular flexibility index (Phi) is 6.07. The van der Waals surface area contributed by atoms with Crippen LogP contribution in [-0.2, 0) is 11.3 Å². The molecule has 1 unspecified atom stereocenters. The van der Waals surface area contributed by atoms with Gasteiger partial charge in [0.25, 0.3) is 0 Å². The van der Waals surface area contributed by atoms with Crippen LogP contribution in [0.4, 0.5) is 0 Å². The highest BCUT2D eigenvalue weighted by atomic mass is 32.2. The predicted octanol–water partition coefficient (Wildman–Crippen LogP) is 3.94. The Morgan fingerprint density at radius 3 is 2.62 bits per heavy atom. The molecule has 3 rings (SSSR count). The highest BCUT2D eigenvalue weighted by Crippen LogP contribution is 2.30. The molecule has 0 spiro atoms. The zero-order chi connectivity index (χ0) is 18.4. The minimum absolute atomic E-state index is 0.0904. The van der Waals surface area contributed by atoms with Crippen LogP contribution in [0.15, 0.2) is 64.8 Å². The largest absolute Gasteiger partial charge is 0.496 e. The second-order valence-corrected chi connectivity index (χ2v) is 6.96. The molecule has 1 aliphatic heterocycles. The van der Waals surface area contributed by atoms with E-state index in [2.05, 4.69) is 10.2 Å². The second-order valence-electron chi connectivity index (χ2n) is 5.79. The molecule has 1 fully saturated rings. The Morgan fingerprint density at radius 2 is 1.88 bits per heavy atom. The minimum atomic E-state index is -0.0982. The molecule has 1 atom stereocenters. The van der Waals surface area contributed by atoms with Gasteiger partial charge in [0.1, 0.15) is 5.75 Å². The smallest absolute Gasteiger partial charge is 0.242 e. The number of thioether (sulfide) groups is 1. The monoisotopic (exact) mass is 367 g/mol. The molecule has 1 amide bonds. The van der Waals surface area contributed by atoms with Crippen LogP contribution in [-0.4, -0.2) is 34.5 Å². The van der Waals surface area contributed by atoms with E-state index in [1.807, 2.05) is 61.5 Å². The van der Waals surface area contributed by atoms with Crippen LogP contribution in [0.3, 0.4) is 0 Å². The van der Waals surface area contributed by atoms with Crippen LogP contribution in [0.2, 0.25) is 0 Å². The number of carbonyl (C=O) groups is 1. The summed E-state index contributed by atoms with van der Waals surface area (Å²) in [6.45, 7) is 2.52. The first-order valence-electron chi connectivity index (χ1n) is 8.49. The van der Waals surface area contributed by atoms with Crippen LogP contribution >= 0.6 is 11.8 Å². The lowest BCUT2D eigenvalue weighted by Gasteiger charge is -2.15. The summed E-state index contributed by atoms with van der Waals surface area (Å²) in [6, 6.07) is 17.5. The molecule has 1 heterocycles. The van der Waals surface area contributed by atoms with Crippen molar-refractivity contribution >= 4 is 29.1 Å². The maximum Gasteiger partial charge on any atom is 0.242 e. The molecule has 0 radical (unpaired) electrons. The number of hydrogen-bond donors (Lipinski definition) is 0. The molecule has 5 nitrogen and oxygen atoms in total. The number of hydrogen-bond acceptors (Lipinski definition) is 5. The van der Waals surface area contributed by atoms with Crippen LogP contribution in [0.25, 0.3) is 0 Å². The zero-order valence-electron chi connectivity index (χ0n) is 14.8. The number of nitrogens with zero attached hydrogens (tertiary/aromatic N) is 3. The fourth-order valence-electron chi connectivity index (χ4n) is 2.67. The van der Waals surface area contributed by atoms with Gasteiger partial charge in [-0.05, 0) is 24.1 Å². The minimum Gasteiger partial charge on any atom is -0.496 e. The molecule has 0 N–H and O–H groups in total. The SMILES string of the molecule is CCC1S/C(=N/N=C/c2ccccc2OC)N(Cc2ccccc2)C1=O. The van der Waals surface area contributed by atoms with E-state index in [4.69, 9.17) is 4.74 Å². The third kappa shape index (κ3) is 4.14. The van der Waals surface area contributed by atoms with Crippen molar-refractivity contribution in [2.75, 3.05) is 7.11 Å². The Morgan fingerprint density at radius 1 is 1.15 bits per heavy atom. The van der Waals surface area contributed by atoms with Crippen molar-refractivity contribution in [1.29, 1.82) is 0 Å². The van der Waals surface area contributed by atoms with E-state index in [1.54, 1.807) is 18.2 Å². The van der Waals surface area contributed by atoms with Crippen LogP contribution in [0.1, 0.15) is 24.5 Å². The standard InChI is InChI=1S/C20H21N3O2S/c1-3-18-19(24)23(14-15-9-5-4-6-10-15)20(26-18)22-21-13-16-11-7-8-12-17(16)25-2/h4-13,18H,3,14H2,1-2H3/b21-13+,22-20+. The van der Waals surface area contributed by atoms with Crippen molar-refractivity contribution in [3.05, 3.63) is 65.7 Å². The number of amides is 1. The Labute approximate surface area is 157 Å². The summed E-state index contributed by atoms with van der Waals surface area (Å²) in [4.78, 5) is 14.4. The molecule has 1 saturated heterocycles. The van der Waals surface area contributed by atoms with Gasteiger partial charge in [-0.15, -0.1) is 5.10 Å². The molecule has 0 aliphatic carbocycles. The van der Waals surface area contributed by atoms with Crippen LogP contribution in [0.5, 0.6) is 5.75 Å². The topological polar surface area (TPSA) is 54.3 Å². The lowest BCUT2D eigenvalue weighted by molar-refractivity contribution is -0.126. The summed E-state index contributed by atoms with van der Waals surface area (Å²) < 4.78 is 5.31. The molecule has 1 aliphatic rings. The quantitative estimate of drug-likeness (QED) is 0.574.